The molecule has 1 fully saturated rings. The fraction of sp³-hybridized carbons (Fsp3) is 0.368. The first-order valence-corrected chi connectivity index (χ1v) is 8.61. The molecule has 4 rings (SSSR count). The van der Waals surface area contributed by atoms with Crippen LogP contribution in [0.2, 0.25) is 0 Å². The van der Waals surface area contributed by atoms with Gasteiger partial charge < -0.3 is 4.74 Å². The number of aryl methyl sites for hydroxylation is 1. The van der Waals surface area contributed by atoms with Crippen LogP contribution in [0.3, 0.4) is 0 Å². The molecule has 0 amide bonds. The van der Waals surface area contributed by atoms with Crippen molar-refractivity contribution >= 4 is 10.9 Å². The van der Waals surface area contributed by atoms with Crippen molar-refractivity contribution in [3.8, 4) is 5.88 Å². The predicted molar refractivity (Wildman–Crippen MR) is 93.8 cm³/mol. The van der Waals surface area contributed by atoms with Crippen LogP contribution in [-0.4, -0.2) is 38.9 Å². The van der Waals surface area contributed by atoms with E-state index in [4.69, 9.17) is 4.74 Å². The van der Waals surface area contributed by atoms with Gasteiger partial charge in [0.25, 0.3) is 5.88 Å². The van der Waals surface area contributed by atoms with E-state index >= 15 is 0 Å². The number of hydrogen-bond donors (Lipinski definition) is 0. The van der Waals surface area contributed by atoms with E-state index < -0.39 is 5.82 Å². The van der Waals surface area contributed by atoms with Crippen LogP contribution in [0.25, 0.3) is 10.9 Å². The molecular formula is C19H21FN4O. The van der Waals surface area contributed by atoms with Crippen molar-refractivity contribution in [2.24, 2.45) is 7.05 Å². The van der Waals surface area contributed by atoms with Crippen LogP contribution in [0, 0.1) is 5.82 Å². The summed E-state index contributed by atoms with van der Waals surface area (Å²) in [6.07, 6.45) is 3.29. The molecular weight excluding hydrogens is 319 g/mol. The summed E-state index contributed by atoms with van der Waals surface area (Å²) in [7, 11) is 1.98. The number of rotatable bonds is 4. The van der Waals surface area contributed by atoms with Gasteiger partial charge in [-0.1, -0.05) is 18.2 Å². The van der Waals surface area contributed by atoms with Crippen LogP contribution in [-0.2, 0) is 13.6 Å². The van der Waals surface area contributed by atoms with E-state index in [-0.39, 0.29) is 12.0 Å². The lowest BCUT2D eigenvalue weighted by Crippen LogP contribution is -2.38. The lowest BCUT2D eigenvalue weighted by molar-refractivity contribution is 0.0891. The summed E-state index contributed by atoms with van der Waals surface area (Å²) in [6, 6.07) is 11.2. The van der Waals surface area contributed by atoms with Crippen LogP contribution >= 0.6 is 0 Å². The molecule has 1 aliphatic heterocycles. The Morgan fingerprint density at radius 2 is 1.96 bits per heavy atom. The second-order valence-corrected chi connectivity index (χ2v) is 6.47. The summed E-state index contributed by atoms with van der Waals surface area (Å²) in [6.45, 7) is 2.64. The Labute approximate surface area is 146 Å². The Hall–Kier alpha value is -2.47. The number of pyridine rings is 1. The minimum Gasteiger partial charge on any atom is -0.472 e. The monoisotopic (exact) mass is 340 g/mol. The van der Waals surface area contributed by atoms with Gasteiger partial charge in [0.05, 0.1) is 11.2 Å². The van der Waals surface area contributed by atoms with Crippen molar-refractivity contribution in [2.75, 3.05) is 13.1 Å². The number of benzene rings is 1. The number of hydrogen-bond acceptors (Lipinski definition) is 4. The highest BCUT2D eigenvalue weighted by molar-refractivity contribution is 5.81. The summed E-state index contributed by atoms with van der Waals surface area (Å²) in [5, 5.41) is 5.87. The Balaban J connectivity index is 1.38. The minimum absolute atomic E-state index is 0.0149. The number of nitrogens with zero attached hydrogens (tertiary/aromatic N) is 4. The second kappa shape index (κ2) is 6.80. The van der Waals surface area contributed by atoms with Crippen molar-refractivity contribution in [3.05, 3.63) is 54.1 Å². The lowest BCUT2D eigenvalue weighted by Gasteiger charge is -2.31. The van der Waals surface area contributed by atoms with E-state index in [0.717, 1.165) is 43.7 Å². The molecule has 3 aromatic rings. The van der Waals surface area contributed by atoms with Gasteiger partial charge in [0.1, 0.15) is 6.10 Å². The maximum absolute atomic E-state index is 13.7. The molecule has 2 aromatic heterocycles. The molecule has 130 valence electrons. The van der Waals surface area contributed by atoms with E-state index in [1.165, 1.54) is 11.5 Å². The molecule has 1 aromatic carbocycles. The van der Waals surface area contributed by atoms with Crippen LogP contribution in [0.15, 0.2) is 42.6 Å². The number of ether oxygens (including phenoxy) is 1. The van der Waals surface area contributed by atoms with E-state index in [2.05, 4.69) is 33.2 Å². The summed E-state index contributed by atoms with van der Waals surface area (Å²) in [4.78, 5) is 6.35. The number of para-hydroxylation sites is 1. The third-order valence-electron chi connectivity index (χ3n) is 4.75. The minimum atomic E-state index is -0.398. The normalized spacial score (nSPS) is 16.4. The van der Waals surface area contributed by atoms with Crippen LogP contribution in [0.1, 0.15) is 18.5 Å². The van der Waals surface area contributed by atoms with Crippen molar-refractivity contribution in [1.29, 1.82) is 0 Å². The average Bonchev–Trinajstić information content (AvgIpc) is 2.95. The van der Waals surface area contributed by atoms with E-state index in [0.29, 0.717) is 0 Å². The van der Waals surface area contributed by atoms with Gasteiger partial charge in [0.2, 0.25) is 0 Å². The molecule has 25 heavy (non-hydrogen) atoms. The Kier molecular flexibility index (Phi) is 4.36. The number of piperidine rings is 1. The molecule has 5 nitrogen and oxygen atoms in total. The van der Waals surface area contributed by atoms with E-state index in [1.54, 1.807) is 12.3 Å². The molecule has 0 spiro atoms. The van der Waals surface area contributed by atoms with Gasteiger partial charge in [-0.25, -0.2) is 9.37 Å². The average molecular weight is 340 g/mol. The molecule has 0 bridgehead atoms. The van der Waals surface area contributed by atoms with Gasteiger partial charge in [-0.15, -0.1) is 0 Å². The molecule has 1 saturated heterocycles. The largest absolute Gasteiger partial charge is 0.472 e. The third-order valence-corrected chi connectivity index (χ3v) is 4.75. The third kappa shape index (κ3) is 3.35. The second-order valence-electron chi connectivity index (χ2n) is 6.47. The first-order valence-electron chi connectivity index (χ1n) is 8.61. The highest BCUT2D eigenvalue weighted by Gasteiger charge is 2.23. The number of fused-ring (bicyclic) bond motifs is 1. The van der Waals surface area contributed by atoms with Gasteiger partial charge in [-0.05, 0) is 31.0 Å². The Morgan fingerprint density at radius 1 is 1.16 bits per heavy atom. The maximum Gasteiger partial charge on any atom is 0.250 e. The van der Waals surface area contributed by atoms with Crippen molar-refractivity contribution in [3.63, 3.8) is 0 Å². The quantitative estimate of drug-likeness (QED) is 0.732. The van der Waals surface area contributed by atoms with Crippen LogP contribution < -0.4 is 4.74 Å². The lowest BCUT2D eigenvalue weighted by atomic mass is 10.1. The van der Waals surface area contributed by atoms with E-state index in [9.17, 15) is 4.39 Å². The standard InChI is InChI=1S/C19H21FN4O/c1-23-18-7-3-2-5-15(18)17(22-23)13-24-11-8-14(9-12-24)25-19-16(20)6-4-10-21-19/h2-7,10,14H,8-9,11-13H2,1H3. The molecule has 0 saturated carbocycles. The Bertz CT molecular complexity index is 871. The molecule has 0 atom stereocenters. The summed E-state index contributed by atoms with van der Waals surface area (Å²) in [5.41, 5.74) is 2.26. The van der Waals surface area contributed by atoms with Gasteiger partial charge in [-0.3, -0.25) is 9.58 Å². The van der Waals surface area contributed by atoms with Crippen LogP contribution in [0.4, 0.5) is 4.39 Å². The fourth-order valence-corrected chi connectivity index (χ4v) is 3.42. The van der Waals surface area contributed by atoms with Crippen molar-refractivity contribution in [1.82, 2.24) is 19.7 Å². The number of halogens is 1. The molecule has 0 unspecified atom stereocenters. The zero-order valence-corrected chi connectivity index (χ0v) is 14.2. The Morgan fingerprint density at radius 3 is 2.76 bits per heavy atom. The van der Waals surface area contributed by atoms with Gasteiger partial charge in [-0.2, -0.15) is 5.10 Å². The zero-order chi connectivity index (χ0) is 17.2. The molecule has 1 aliphatic rings. The predicted octanol–water partition coefficient (Wildman–Crippen LogP) is 3.15. The number of likely N-dealkylation sites (tertiary alicyclic amines) is 1. The smallest absolute Gasteiger partial charge is 0.250 e. The first-order chi connectivity index (χ1) is 12.2. The zero-order valence-electron chi connectivity index (χ0n) is 14.2. The van der Waals surface area contributed by atoms with Gasteiger partial charge in [0.15, 0.2) is 5.82 Å². The van der Waals surface area contributed by atoms with Gasteiger partial charge in [0, 0.05) is 38.3 Å². The first kappa shape index (κ1) is 16.0. The molecule has 0 N–H and O–H groups in total. The van der Waals surface area contributed by atoms with Crippen LogP contribution in [0.5, 0.6) is 5.88 Å². The van der Waals surface area contributed by atoms with Gasteiger partial charge >= 0.3 is 0 Å². The van der Waals surface area contributed by atoms with Crippen molar-refractivity contribution in [2.45, 2.75) is 25.5 Å². The van der Waals surface area contributed by atoms with Crippen molar-refractivity contribution < 1.29 is 9.13 Å². The summed E-state index contributed by atoms with van der Waals surface area (Å²) in [5.74, 6) is -0.290. The summed E-state index contributed by atoms with van der Waals surface area (Å²) >= 11 is 0. The molecule has 0 radical (unpaired) electrons. The highest BCUT2D eigenvalue weighted by atomic mass is 19.1. The topological polar surface area (TPSA) is 43.2 Å². The van der Waals surface area contributed by atoms with E-state index in [1.807, 2.05) is 17.8 Å². The summed E-state index contributed by atoms with van der Waals surface area (Å²) < 4.78 is 21.3. The number of aromatic nitrogens is 3. The maximum atomic E-state index is 13.7. The molecule has 0 aliphatic carbocycles. The molecule has 6 heteroatoms. The SMILES string of the molecule is Cn1nc(CN2CCC(Oc3ncccc3F)CC2)c2ccccc21. The molecule has 3 heterocycles. The highest BCUT2D eigenvalue weighted by Crippen LogP contribution is 2.23. The fourth-order valence-electron chi connectivity index (χ4n) is 3.42.